The molecule has 0 spiro atoms. The summed E-state index contributed by atoms with van der Waals surface area (Å²) in [6.45, 7) is 9.05. The topological polar surface area (TPSA) is 29.5 Å². The van der Waals surface area contributed by atoms with Crippen LogP contribution in [-0.2, 0) is 9.53 Å². The number of ether oxygens (including phenoxy) is 1. The molecule has 0 radical (unpaired) electrons. The first kappa shape index (κ1) is 8.72. The fourth-order valence-corrected chi connectivity index (χ4v) is 3.77. The van der Waals surface area contributed by atoms with Gasteiger partial charge in [0.15, 0.2) is 0 Å². The largest absolute Gasteiger partial charge is 0.354 e. The number of fused-ring (bicyclic) bond motifs is 3. The quantitative estimate of drug-likeness (QED) is 0.582. The lowest BCUT2D eigenvalue weighted by atomic mass is 9.95. The third-order valence-electron chi connectivity index (χ3n) is 4.37. The monoisotopic (exact) mass is 195 g/mol. The van der Waals surface area contributed by atoms with E-state index >= 15 is 0 Å². The SMILES string of the molecule is C[C@H]1[C@H]2C(=O)N3C(C)(C)OC[C@]3(C)[C@@H]12. The molecule has 2 saturated heterocycles. The normalized spacial score (nSPS) is 53.3. The van der Waals surface area contributed by atoms with Gasteiger partial charge in [0.05, 0.1) is 12.1 Å². The molecule has 78 valence electrons. The van der Waals surface area contributed by atoms with Gasteiger partial charge < -0.3 is 9.64 Å². The van der Waals surface area contributed by atoms with E-state index in [1.54, 1.807) is 0 Å². The van der Waals surface area contributed by atoms with E-state index in [0.717, 1.165) is 0 Å². The molecule has 3 nitrogen and oxygen atoms in total. The van der Waals surface area contributed by atoms with E-state index in [1.807, 2.05) is 18.7 Å². The Kier molecular flexibility index (Phi) is 1.25. The smallest absolute Gasteiger partial charge is 0.229 e. The van der Waals surface area contributed by atoms with Gasteiger partial charge in [-0.25, -0.2) is 0 Å². The number of carbonyl (C=O) groups is 1. The fourth-order valence-electron chi connectivity index (χ4n) is 3.77. The second kappa shape index (κ2) is 2.01. The van der Waals surface area contributed by atoms with E-state index in [-0.39, 0.29) is 11.3 Å². The van der Waals surface area contributed by atoms with Crippen LogP contribution in [0.5, 0.6) is 0 Å². The van der Waals surface area contributed by atoms with Gasteiger partial charge in [0.25, 0.3) is 0 Å². The second-order valence-electron chi connectivity index (χ2n) is 5.68. The number of rotatable bonds is 0. The number of carbonyl (C=O) groups excluding carboxylic acids is 1. The van der Waals surface area contributed by atoms with Crippen LogP contribution in [0.2, 0.25) is 0 Å². The lowest BCUT2D eigenvalue weighted by Gasteiger charge is -2.37. The first-order valence-corrected chi connectivity index (χ1v) is 5.38. The predicted octanol–water partition coefficient (Wildman–Crippen LogP) is 1.24. The summed E-state index contributed by atoms with van der Waals surface area (Å²) in [4.78, 5) is 14.1. The van der Waals surface area contributed by atoms with Crippen LogP contribution in [0.3, 0.4) is 0 Å². The summed E-state index contributed by atoms with van der Waals surface area (Å²) in [5.74, 6) is 1.72. The summed E-state index contributed by atoms with van der Waals surface area (Å²) in [5, 5.41) is 0. The minimum atomic E-state index is -0.390. The van der Waals surface area contributed by atoms with E-state index in [1.165, 1.54) is 0 Å². The highest BCUT2D eigenvalue weighted by molar-refractivity contribution is 5.88. The fraction of sp³-hybridized carbons (Fsp3) is 0.909. The number of hydrogen-bond donors (Lipinski definition) is 0. The highest BCUT2D eigenvalue weighted by Crippen LogP contribution is 2.64. The number of piperidine rings is 1. The van der Waals surface area contributed by atoms with Crippen molar-refractivity contribution in [2.24, 2.45) is 17.8 Å². The number of nitrogens with zero attached hydrogens (tertiary/aromatic N) is 1. The van der Waals surface area contributed by atoms with Crippen molar-refractivity contribution in [3.05, 3.63) is 0 Å². The zero-order valence-electron chi connectivity index (χ0n) is 9.20. The van der Waals surface area contributed by atoms with E-state index in [4.69, 9.17) is 4.74 Å². The minimum absolute atomic E-state index is 0.0231. The van der Waals surface area contributed by atoms with Gasteiger partial charge in [-0.15, -0.1) is 0 Å². The highest BCUT2D eigenvalue weighted by Gasteiger charge is 2.74. The van der Waals surface area contributed by atoms with E-state index in [9.17, 15) is 4.79 Å². The van der Waals surface area contributed by atoms with Crippen molar-refractivity contribution in [1.82, 2.24) is 4.90 Å². The van der Waals surface area contributed by atoms with E-state index < -0.39 is 0 Å². The van der Waals surface area contributed by atoms with Crippen LogP contribution in [0.25, 0.3) is 0 Å². The van der Waals surface area contributed by atoms with Crippen LogP contribution in [0.1, 0.15) is 27.7 Å². The molecule has 1 amide bonds. The third kappa shape index (κ3) is 0.691. The molecule has 0 aromatic carbocycles. The van der Waals surface area contributed by atoms with Crippen LogP contribution in [0.4, 0.5) is 0 Å². The highest BCUT2D eigenvalue weighted by atomic mass is 16.5. The molecule has 0 bridgehead atoms. The molecule has 1 aliphatic carbocycles. The standard InChI is InChI=1S/C11H17NO2/c1-6-7-8(6)11(4)5-14-10(2,3)12(11)9(7)13/h6-8H,5H2,1-4H3/t6-,7+,8-,11+/m0/s1. The Morgan fingerprint density at radius 1 is 1.43 bits per heavy atom. The third-order valence-corrected chi connectivity index (χ3v) is 4.37. The Morgan fingerprint density at radius 2 is 2.07 bits per heavy atom. The average molecular weight is 195 g/mol. The van der Waals surface area contributed by atoms with E-state index in [2.05, 4.69) is 13.8 Å². The molecule has 1 saturated carbocycles. The van der Waals surface area contributed by atoms with Gasteiger partial charge in [-0.05, 0) is 32.6 Å². The maximum Gasteiger partial charge on any atom is 0.229 e. The zero-order valence-corrected chi connectivity index (χ0v) is 9.20. The van der Waals surface area contributed by atoms with Gasteiger partial charge in [-0.1, -0.05) is 6.92 Å². The molecule has 0 aromatic heterocycles. The molecular weight excluding hydrogens is 178 g/mol. The Bertz CT molecular complexity index is 325. The summed E-state index contributed by atoms with van der Waals surface area (Å²) in [6.07, 6.45) is 0. The summed E-state index contributed by atoms with van der Waals surface area (Å²) in [6, 6.07) is 0. The van der Waals surface area contributed by atoms with Crippen LogP contribution >= 0.6 is 0 Å². The van der Waals surface area contributed by atoms with Crippen molar-refractivity contribution in [2.75, 3.05) is 6.61 Å². The van der Waals surface area contributed by atoms with E-state index in [0.29, 0.717) is 30.3 Å². The maximum absolute atomic E-state index is 12.1. The molecule has 2 heterocycles. The molecule has 3 fully saturated rings. The molecule has 0 unspecified atom stereocenters. The lowest BCUT2D eigenvalue weighted by Crippen LogP contribution is -2.52. The van der Waals surface area contributed by atoms with Gasteiger partial charge >= 0.3 is 0 Å². The van der Waals surface area contributed by atoms with Crippen LogP contribution in [0.15, 0.2) is 0 Å². The molecule has 14 heavy (non-hydrogen) atoms. The van der Waals surface area contributed by atoms with Gasteiger partial charge in [-0.2, -0.15) is 0 Å². The zero-order chi connectivity index (χ0) is 10.3. The van der Waals surface area contributed by atoms with Crippen molar-refractivity contribution in [1.29, 1.82) is 0 Å². The molecule has 4 atom stereocenters. The molecule has 3 aliphatic rings. The predicted molar refractivity (Wildman–Crippen MR) is 51.4 cm³/mol. The van der Waals surface area contributed by atoms with Crippen LogP contribution in [-0.4, -0.2) is 28.7 Å². The van der Waals surface area contributed by atoms with Gasteiger partial charge in [0.2, 0.25) is 5.91 Å². The van der Waals surface area contributed by atoms with Gasteiger partial charge in [-0.3, -0.25) is 4.79 Å². The molecule has 0 aromatic rings. The van der Waals surface area contributed by atoms with Crippen molar-refractivity contribution >= 4 is 5.91 Å². The molecule has 2 aliphatic heterocycles. The summed E-state index contributed by atoms with van der Waals surface area (Å²) in [7, 11) is 0. The Labute approximate surface area is 84.4 Å². The van der Waals surface area contributed by atoms with Gasteiger partial charge in [0, 0.05) is 5.92 Å². The summed E-state index contributed by atoms with van der Waals surface area (Å²) in [5.41, 5.74) is -0.413. The van der Waals surface area contributed by atoms with Gasteiger partial charge in [0.1, 0.15) is 5.72 Å². The Balaban J connectivity index is 2.05. The maximum atomic E-state index is 12.1. The van der Waals surface area contributed by atoms with Crippen LogP contribution < -0.4 is 0 Å². The Morgan fingerprint density at radius 3 is 2.71 bits per heavy atom. The molecule has 0 N–H and O–H groups in total. The first-order chi connectivity index (χ1) is 6.39. The minimum Gasteiger partial charge on any atom is -0.354 e. The first-order valence-electron chi connectivity index (χ1n) is 5.38. The number of amides is 1. The van der Waals surface area contributed by atoms with Crippen molar-refractivity contribution < 1.29 is 9.53 Å². The summed E-state index contributed by atoms with van der Waals surface area (Å²) < 4.78 is 5.73. The van der Waals surface area contributed by atoms with Crippen LogP contribution in [0, 0.1) is 17.8 Å². The molecular formula is C11H17NO2. The van der Waals surface area contributed by atoms with Crippen molar-refractivity contribution in [2.45, 2.75) is 39.0 Å². The lowest BCUT2D eigenvalue weighted by molar-refractivity contribution is -0.147. The Hall–Kier alpha value is -0.570. The molecule has 3 rings (SSSR count). The second-order valence-corrected chi connectivity index (χ2v) is 5.68. The molecule has 3 heteroatoms. The van der Waals surface area contributed by atoms with Crippen molar-refractivity contribution in [3.63, 3.8) is 0 Å². The van der Waals surface area contributed by atoms with Crippen molar-refractivity contribution in [3.8, 4) is 0 Å². The number of hydrogen-bond acceptors (Lipinski definition) is 2. The average Bonchev–Trinajstić information content (AvgIpc) is 2.57. The summed E-state index contributed by atoms with van der Waals surface area (Å²) >= 11 is 0.